The smallest absolute Gasteiger partial charge is 0.143 e. The molecule has 0 aliphatic rings. The third-order valence-electron chi connectivity index (χ3n) is 2.32. The van der Waals surface area contributed by atoms with Crippen LogP contribution in [0.15, 0.2) is 40.9 Å². The predicted octanol–water partition coefficient (Wildman–Crippen LogP) is 4.34. The van der Waals surface area contributed by atoms with Gasteiger partial charge in [-0.2, -0.15) is 5.26 Å². The predicted molar refractivity (Wildman–Crippen MR) is 68.5 cm³/mol. The Bertz CT molecular complexity index is 635. The Morgan fingerprint density at radius 1 is 1.11 bits per heavy atom. The number of nitrogens with one attached hydrogen (secondary N) is 1. The van der Waals surface area contributed by atoms with E-state index in [9.17, 15) is 8.78 Å². The number of rotatable bonds is 2. The molecule has 0 aliphatic carbocycles. The second-order valence-electron chi connectivity index (χ2n) is 3.53. The zero-order valence-corrected chi connectivity index (χ0v) is 10.6. The number of anilines is 2. The van der Waals surface area contributed by atoms with Crippen LogP contribution in [-0.2, 0) is 0 Å². The Morgan fingerprint density at radius 2 is 1.89 bits per heavy atom. The number of halogens is 3. The highest BCUT2D eigenvalue weighted by Gasteiger charge is 2.08. The quantitative estimate of drug-likeness (QED) is 0.895. The molecule has 2 rings (SSSR count). The molecule has 0 aromatic heterocycles. The second kappa shape index (κ2) is 5.15. The van der Waals surface area contributed by atoms with E-state index in [2.05, 4.69) is 21.2 Å². The molecule has 0 atom stereocenters. The first kappa shape index (κ1) is 12.5. The summed E-state index contributed by atoms with van der Waals surface area (Å²) in [6, 6.07) is 10.4. The molecule has 2 nitrogen and oxygen atoms in total. The van der Waals surface area contributed by atoms with Crippen LogP contribution in [0, 0.1) is 23.0 Å². The van der Waals surface area contributed by atoms with Gasteiger partial charge in [0, 0.05) is 5.69 Å². The molecule has 0 aliphatic heterocycles. The van der Waals surface area contributed by atoms with Crippen molar-refractivity contribution in [3.8, 4) is 6.07 Å². The van der Waals surface area contributed by atoms with Gasteiger partial charge >= 0.3 is 0 Å². The minimum absolute atomic E-state index is 0.0965. The third kappa shape index (κ3) is 2.49. The van der Waals surface area contributed by atoms with Gasteiger partial charge in [0.2, 0.25) is 0 Å². The summed E-state index contributed by atoms with van der Waals surface area (Å²) in [4.78, 5) is 0. The molecule has 5 heteroatoms. The van der Waals surface area contributed by atoms with E-state index in [0.29, 0.717) is 15.8 Å². The van der Waals surface area contributed by atoms with Gasteiger partial charge in [-0.05, 0) is 46.3 Å². The van der Waals surface area contributed by atoms with Gasteiger partial charge in [0.1, 0.15) is 23.3 Å². The van der Waals surface area contributed by atoms with Crippen LogP contribution in [0.25, 0.3) is 0 Å². The molecule has 0 spiro atoms. The fourth-order valence-electron chi connectivity index (χ4n) is 1.47. The van der Waals surface area contributed by atoms with Crippen LogP contribution in [0.1, 0.15) is 5.56 Å². The maximum atomic E-state index is 13.4. The largest absolute Gasteiger partial charge is 0.354 e. The Hall–Kier alpha value is -1.93. The van der Waals surface area contributed by atoms with Gasteiger partial charge < -0.3 is 5.32 Å². The van der Waals surface area contributed by atoms with Gasteiger partial charge in [-0.15, -0.1) is 0 Å². The summed E-state index contributed by atoms with van der Waals surface area (Å²) in [5, 5.41) is 11.7. The van der Waals surface area contributed by atoms with Crippen LogP contribution < -0.4 is 5.32 Å². The highest BCUT2D eigenvalue weighted by molar-refractivity contribution is 9.10. The van der Waals surface area contributed by atoms with Gasteiger partial charge in [0.05, 0.1) is 10.2 Å². The molecular weight excluding hydrogens is 302 g/mol. The Labute approximate surface area is 111 Å². The molecule has 2 aromatic carbocycles. The highest BCUT2D eigenvalue weighted by Crippen LogP contribution is 2.25. The number of hydrogen-bond acceptors (Lipinski definition) is 2. The molecule has 0 bridgehead atoms. The van der Waals surface area contributed by atoms with E-state index < -0.39 is 11.6 Å². The van der Waals surface area contributed by atoms with Crippen molar-refractivity contribution in [3.05, 3.63) is 58.1 Å². The van der Waals surface area contributed by atoms with Crippen molar-refractivity contribution in [1.82, 2.24) is 0 Å². The number of nitrogens with zero attached hydrogens (tertiary/aromatic N) is 1. The maximum absolute atomic E-state index is 13.4. The number of benzene rings is 2. The molecular formula is C13H7BrF2N2. The molecule has 0 unspecified atom stereocenters. The minimum atomic E-state index is -0.611. The SMILES string of the molecule is N#Cc1c(F)cccc1Nc1ccc(Br)c(F)c1. The van der Waals surface area contributed by atoms with E-state index in [4.69, 9.17) is 5.26 Å². The molecule has 18 heavy (non-hydrogen) atoms. The van der Waals surface area contributed by atoms with Gasteiger partial charge in [0.25, 0.3) is 0 Å². The van der Waals surface area contributed by atoms with Crippen LogP contribution in [0.4, 0.5) is 20.2 Å². The van der Waals surface area contributed by atoms with Crippen molar-refractivity contribution in [2.75, 3.05) is 5.32 Å². The molecule has 0 saturated heterocycles. The molecule has 2 aromatic rings. The van der Waals surface area contributed by atoms with E-state index in [-0.39, 0.29) is 5.56 Å². The highest BCUT2D eigenvalue weighted by atomic mass is 79.9. The Kier molecular flexibility index (Phi) is 3.58. The summed E-state index contributed by atoms with van der Waals surface area (Å²) in [7, 11) is 0. The zero-order valence-electron chi connectivity index (χ0n) is 9.05. The standard InChI is InChI=1S/C13H7BrF2N2/c14-10-5-4-8(6-12(10)16)18-13-3-1-2-11(15)9(13)7-17/h1-6,18H. The lowest BCUT2D eigenvalue weighted by Gasteiger charge is -2.09. The third-order valence-corrected chi connectivity index (χ3v) is 2.97. The van der Waals surface area contributed by atoms with Crippen molar-refractivity contribution >= 4 is 27.3 Å². The minimum Gasteiger partial charge on any atom is -0.354 e. The lowest BCUT2D eigenvalue weighted by molar-refractivity contribution is 0.621. The van der Waals surface area contributed by atoms with Crippen molar-refractivity contribution in [2.24, 2.45) is 0 Å². The zero-order chi connectivity index (χ0) is 13.1. The first-order valence-electron chi connectivity index (χ1n) is 5.02. The molecule has 1 N–H and O–H groups in total. The Morgan fingerprint density at radius 3 is 2.56 bits per heavy atom. The van der Waals surface area contributed by atoms with E-state index in [0.717, 1.165) is 0 Å². The number of hydrogen-bond donors (Lipinski definition) is 1. The normalized spacial score (nSPS) is 9.89. The topological polar surface area (TPSA) is 35.8 Å². The summed E-state index contributed by atoms with van der Waals surface area (Å²) in [5.74, 6) is -1.05. The van der Waals surface area contributed by atoms with Crippen molar-refractivity contribution in [2.45, 2.75) is 0 Å². The van der Waals surface area contributed by atoms with Crippen molar-refractivity contribution in [1.29, 1.82) is 5.26 Å². The average Bonchev–Trinajstić information content (AvgIpc) is 2.34. The fourth-order valence-corrected chi connectivity index (χ4v) is 1.72. The molecule has 0 fully saturated rings. The van der Waals surface area contributed by atoms with E-state index >= 15 is 0 Å². The van der Waals surface area contributed by atoms with Crippen LogP contribution in [0.3, 0.4) is 0 Å². The summed E-state index contributed by atoms with van der Waals surface area (Å²) in [6.45, 7) is 0. The lowest BCUT2D eigenvalue weighted by Crippen LogP contribution is -1.96. The van der Waals surface area contributed by atoms with Crippen LogP contribution >= 0.6 is 15.9 Å². The maximum Gasteiger partial charge on any atom is 0.143 e. The van der Waals surface area contributed by atoms with Gasteiger partial charge in [-0.3, -0.25) is 0 Å². The average molecular weight is 309 g/mol. The number of nitriles is 1. The van der Waals surface area contributed by atoms with Gasteiger partial charge in [-0.1, -0.05) is 6.07 Å². The van der Waals surface area contributed by atoms with Gasteiger partial charge in [0.15, 0.2) is 0 Å². The van der Waals surface area contributed by atoms with Gasteiger partial charge in [-0.25, -0.2) is 8.78 Å². The van der Waals surface area contributed by atoms with Crippen LogP contribution in [-0.4, -0.2) is 0 Å². The molecule has 0 amide bonds. The first-order valence-corrected chi connectivity index (χ1v) is 5.82. The first-order chi connectivity index (χ1) is 8.61. The van der Waals surface area contributed by atoms with E-state index in [1.807, 2.05) is 0 Å². The summed E-state index contributed by atoms with van der Waals surface area (Å²) in [5.41, 5.74) is 0.651. The molecule has 0 radical (unpaired) electrons. The summed E-state index contributed by atoms with van der Waals surface area (Å²) < 4.78 is 27.0. The lowest BCUT2D eigenvalue weighted by atomic mass is 10.1. The van der Waals surface area contributed by atoms with E-state index in [1.54, 1.807) is 18.2 Å². The van der Waals surface area contributed by atoms with Crippen LogP contribution in [0.2, 0.25) is 0 Å². The summed E-state index contributed by atoms with van der Waals surface area (Å²) >= 11 is 3.04. The molecule has 90 valence electrons. The van der Waals surface area contributed by atoms with Crippen molar-refractivity contribution < 1.29 is 8.78 Å². The Balaban J connectivity index is 2.37. The van der Waals surface area contributed by atoms with Crippen LogP contribution in [0.5, 0.6) is 0 Å². The molecule has 0 heterocycles. The second-order valence-corrected chi connectivity index (χ2v) is 4.38. The fraction of sp³-hybridized carbons (Fsp3) is 0. The summed E-state index contributed by atoms with van der Waals surface area (Å²) in [6.07, 6.45) is 0. The van der Waals surface area contributed by atoms with E-state index in [1.165, 1.54) is 24.3 Å². The monoisotopic (exact) mass is 308 g/mol. The van der Waals surface area contributed by atoms with Crippen molar-refractivity contribution in [3.63, 3.8) is 0 Å². The molecule has 0 saturated carbocycles.